The van der Waals surface area contributed by atoms with Crippen molar-refractivity contribution in [1.82, 2.24) is 19.7 Å². The molecule has 3 aromatic rings. The molecule has 0 bridgehead atoms. The molecule has 2 aromatic heterocycles. The van der Waals surface area contributed by atoms with E-state index >= 15 is 0 Å². The van der Waals surface area contributed by atoms with Crippen LogP contribution >= 0.6 is 11.6 Å². The van der Waals surface area contributed by atoms with E-state index in [0.29, 0.717) is 11.0 Å². The van der Waals surface area contributed by atoms with Crippen molar-refractivity contribution in [2.75, 3.05) is 0 Å². The highest BCUT2D eigenvalue weighted by Gasteiger charge is 2.16. The topological polar surface area (TPSA) is 43.6 Å². The van der Waals surface area contributed by atoms with Gasteiger partial charge in [-0.15, -0.1) is 0 Å². The van der Waals surface area contributed by atoms with E-state index in [0.717, 1.165) is 35.1 Å². The lowest BCUT2D eigenvalue weighted by molar-refractivity contribution is 0.752. The largest absolute Gasteiger partial charge is 0.263 e. The Balaban J connectivity index is 2.25. The fourth-order valence-corrected chi connectivity index (χ4v) is 2.61. The number of aromatic nitrogens is 4. The second-order valence-electron chi connectivity index (χ2n) is 4.72. The lowest BCUT2D eigenvalue weighted by Gasteiger charge is -2.03. The molecule has 0 aliphatic rings. The molecule has 2 heterocycles. The van der Waals surface area contributed by atoms with E-state index in [1.165, 1.54) is 0 Å². The van der Waals surface area contributed by atoms with E-state index in [2.05, 4.69) is 22.0 Å². The predicted octanol–water partition coefficient (Wildman–Crippen LogP) is 3.64. The van der Waals surface area contributed by atoms with Crippen LogP contribution < -0.4 is 0 Å². The second-order valence-corrected chi connectivity index (χ2v) is 5.08. The Hall–Kier alpha value is -1.94. The molecule has 0 spiro atoms. The van der Waals surface area contributed by atoms with E-state index in [4.69, 9.17) is 11.6 Å². The summed E-state index contributed by atoms with van der Waals surface area (Å²) in [5.41, 5.74) is 3.59. The van der Waals surface area contributed by atoms with Gasteiger partial charge in [0.15, 0.2) is 11.0 Å². The lowest BCUT2D eigenvalue weighted by atomic mass is 10.2. The second kappa shape index (κ2) is 5.21. The number of benzene rings is 1. The summed E-state index contributed by atoms with van der Waals surface area (Å²) in [6.07, 6.45) is 1.91. The minimum atomic E-state index is 0.450. The van der Waals surface area contributed by atoms with Crippen molar-refractivity contribution >= 4 is 22.6 Å². The van der Waals surface area contributed by atoms with Crippen LogP contribution in [0.2, 0.25) is 5.15 Å². The van der Waals surface area contributed by atoms with E-state index in [1.807, 2.05) is 37.4 Å². The SMILES string of the molecule is CCCc1nn(C)c2c(Cl)nc(-c3ccccc3)nc12. The van der Waals surface area contributed by atoms with Crippen LogP contribution in [-0.2, 0) is 13.5 Å². The van der Waals surface area contributed by atoms with Crippen LogP contribution in [0.5, 0.6) is 0 Å². The minimum absolute atomic E-state index is 0.450. The van der Waals surface area contributed by atoms with Crippen molar-refractivity contribution in [1.29, 1.82) is 0 Å². The third-order valence-corrected chi connectivity index (χ3v) is 3.49. The molecular formula is C15H15ClN4. The summed E-state index contributed by atoms with van der Waals surface area (Å²) < 4.78 is 1.76. The van der Waals surface area contributed by atoms with Crippen LogP contribution in [0.4, 0.5) is 0 Å². The minimum Gasteiger partial charge on any atom is -0.263 e. The van der Waals surface area contributed by atoms with Crippen molar-refractivity contribution in [3.8, 4) is 11.4 Å². The quantitative estimate of drug-likeness (QED) is 0.691. The predicted molar refractivity (Wildman–Crippen MR) is 80.7 cm³/mol. The summed E-state index contributed by atoms with van der Waals surface area (Å²) in [4.78, 5) is 9.07. The maximum Gasteiger partial charge on any atom is 0.161 e. The summed E-state index contributed by atoms with van der Waals surface area (Å²) in [6.45, 7) is 2.13. The number of hydrogen-bond donors (Lipinski definition) is 0. The summed E-state index contributed by atoms with van der Waals surface area (Å²) in [7, 11) is 1.87. The van der Waals surface area contributed by atoms with Gasteiger partial charge in [-0.05, 0) is 6.42 Å². The highest BCUT2D eigenvalue weighted by atomic mass is 35.5. The molecule has 20 heavy (non-hydrogen) atoms. The number of nitrogens with zero attached hydrogens (tertiary/aromatic N) is 4. The van der Waals surface area contributed by atoms with Crippen molar-refractivity contribution in [3.05, 3.63) is 41.2 Å². The molecule has 5 heteroatoms. The number of halogens is 1. The molecule has 0 fully saturated rings. The van der Waals surface area contributed by atoms with Crippen LogP contribution in [0.3, 0.4) is 0 Å². The van der Waals surface area contributed by atoms with E-state index in [1.54, 1.807) is 4.68 Å². The first-order valence-electron chi connectivity index (χ1n) is 6.65. The van der Waals surface area contributed by atoms with Crippen molar-refractivity contribution in [3.63, 3.8) is 0 Å². The van der Waals surface area contributed by atoms with Gasteiger partial charge in [0.1, 0.15) is 11.0 Å². The Morgan fingerprint density at radius 2 is 1.90 bits per heavy atom. The van der Waals surface area contributed by atoms with Crippen LogP contribution in [0.25, 0.3) is 22.4 Å². The average Bonchev–Trinajstić information content (AvgIpc) is 2.77. The highest BCUT2D eigenvalue weighted by Crippen LogP contribution is 2.26. The zero-order chi connectivity index (χ0) is 14.1. The first kappa shape index (κ1) is 13.1. The molecule has 0 N–H and O–H groups in total. The van der Waals surface area contributed by atoms with E-state index in [-0.39, 0.29) is 0 Å². The van der Waals surface area contributed by atoms with Gasteiger partial charge in [-0.2, -0.15) is 5.10 Å². The van der Waals surface area contributed by atoms with Crippen molar-refractivity contribution in [2.45, 2.75) is 19.8 Å². The zero-order valence-electron chi connectivity index (χ0n) is 11.5. The summed E-state index contributed by atoms with van der Waals surface area (Å²) in [5.74, 6) is 0.647. The lowest BCUT2D eigenvalue weighted by Crippen LogP contribution is -1.94. The first-order chi connectivity index (χ1) is 9.70. The van der Waals surface area contributed by atoms with Crippen molar-refractivity contribution in [2.24, 2.45) is 7.05 Å². The summed E-state index contributed by atoms with van der Waals surface area (Å²) in [6, 6.07) is 9.86. The first-order valence-corrected chi connectivity index (χ1v) is 7.03. The molecule has 0 amide bonds. The monoisotopic (exact) mass is 286 g/mol. The molecule has 102 valence electrons. The van der Waals surface area contributed by atoms with Crippen LogP contribution in [0.1, 0.15) is 19.0 Å². The molecule has 0 aliphatic carbocycles. The number of aryl methyl sites for hydroxylation is 2. The maximum atomic E-state index is 6.32. The molecular weight excluding hydrogens is 272 g/mol. The summed E-state index contributed by atoms with van der Waals surface area (Å²) >= 11 is 6.32. The fourth-order valence-electron chi connectivity index (χ4n) is 2.32. The molecule has 4 nitrogen and oxygen atoms in total. The molecule has 3 rings (SSSR count). The van der Waals surface area contributed by atoms with Crippen LogP contribution in [0, 0.1) is 0 Å². The Kier molecular flexibility index (Phi) is 3.40. The van der Waals surface area contributed by atoms with Crippen LogP contribution in [-0.4, -0.2) is 19.7 Å². The van der Waals surface area contributed by atoms with Gasteiger partial charge in [0.2, 0.25) is 0 Å². The van der Waals surface area contributed by atoms with Gasteiger partial charge in [-0.3, -0.25) is 4.68 Å². The third kappa shape index (κ3) is 2.16. The standard InChI is InChI=1S/C15H15ClN4/c1-3-7-11-12-13(20(2)19-11)14(16)18-15(17-12)10-8-5-4-6-9-10/h4-6,8-9H,3,7H2,1-2H3. The number of hydrogen-bond acceptors (Lipinski definition) is 3. The van der Waals surface area contributed by atoms with E-state index in [9.17, 15) is 0 Å². The van der Waals surface area contributed by atoms with Gasteiger partial charge in [-0.1, -0.05) is 55.3 Å². The Morgan fingerprint density at radius 3 is 2.60 bits per heavy atom. The van der Waals surface area contributed by atoms with Gasteiger partial charge in [0.25, 0.3) is 0 Å². The number of rotatable bonds is 3. The smallest absolute Gasteiger partial charge is 0.161 e. The Bertz CT molecular complexity index is 749. The maximum absolute atomic E-state index is 6.32. The molecule has 0 unspecified atom stereocenters. The molecule has 0 radical (unpaired) electrons. The summed E-state index contributed by atoms with van der Waals surface area (Å²) in [5, 5.41) is 4.96. The number of fused-ring (bicyclic) bond motifs is 1. The van der Waals surface area contributed by atoms with E-state index < -0.39 is 0 Å². The molecule has 1 aromatic carbocycles. The zero-order valence-corrected chi connectivity index (χ0v) is 12.2. The third-order valence-electron chi connectivity index (χ3n) is 3.23. The molecule has 0 saturated heterocycles. The Labute approximate surface area is 122 Å². The van der Waals surface area contributed by atoms with Gasteiger partial charge in [0.05, 0.1) is 5.69 Å². The van der Waals surface area contributed by atoms with Crippen LogP contribution in [0.15, 0.2) is 30.3 Å². The van der Waals surface area contributed by atoms with Gasteiger partial charge >= 0.3 is 0 Å². The Morgan fingerprint density at radius 1 is 1.15 bits per heavy atom. The molecule has 0 saturated carbocycles. The van der Waals surface area contributed by atoms with Gasteiger partial charge in [-0.25, -0.2) is 9.97 Å². The average molecular weight is 287 g/mol. The highest BCUT2D eigenvalue weighted by molar-refractivity contribution is 6.33. The normalized spacial score (nSPS) is 11.2. The molecule has 0 aliphatic heterocycles. The van der Waals surface area contributed by atoms with Gasteiger partial charge in [0, 0.05) is 12.6 Å². The van der Waals surface area contributed by atoms with Crippen molar-refractivity contribution < 1.29 is 0 Å². The molecule has 0 atom stereocenters. The fraction of sp³-hybridized carbons (Fsp3) is 0.267. The van der Waals surface area contributed by atoms with Gasteiger partial charge < -0.3 is 0 Å².